The summed E-state index contributed by atoms with van der Waals surface area (Å²) in [5, 5.41) is 0. The number of nitrogens with one attached hydrogen (secondary N) is 1. The van der Waals surface area contributed by atoms with Gasteiger partial charge in [0.2, 0.25) is 10.0 Å². The smallest absolute Gasteiger partial charge is 0.233 e. The molecule has 1 aromatic rings. The first-order chi connectivity index (χ1) is 12.6. The van der Waals surface area contributed by atoms with Gasteiger partial charge in [-0.2, -0.15) is 0 Å². The van der Waals surface area contributed by atoms with Crippen molar-refractivity contribution in [2.45, 2.75) is 57.0 Å². The van der Waals surface area contributed by atoms with E-state index in [0.717, 1.165) is 19.1 Å². The van der Waals surface area contributed by atoms with Crippen LogP contribution in [0, 0.1) is 0 Å². The number of anilines is 1. The van der Waals surface area contributed by atoms with Crippen molar-refractivity contribution in [3.8, 4) is 0 Å². The number of fused-ring (bicyclic) bond motifs is 1. The molecule has 26 heavy (non-hydrogen) atoms. The molecular weight excluding hydrogens is 346 g/mol. The van der Waals surface area contributed by atoms with Crippen molar-refractivity contribution in [1.82, 2.24) is 9.80 Å². The van der Waals surface area contributed by atoms with Gasteiger partial charge in [0.1, 0.15) is 0 Å². The highest BCUT2D eigenvalue weighted by molar-refractivity contribution is 7.92. The van der Waals surface area contributed by atoms with Crippen LogP contribution in [0.4, 0.5) is 5.69 Å². The van der Waals surface area contributed by atoms with E-state index in [1.165, 1.54) is 57.1 Å². The van der Waals surface area contributed by atoms with Gasteiger partial charge in [0.25, 0.3) is 0 Å². The molecule has 0 saturated carbocycles. The minimum Gasteiger partial charge on any atom is -0.302 e. The second kappa shape index (κ2) is 7.87. The second-order valence-corrected chi connectivity index (χ2v) is 9.91. The summed E-state index contributed by atoms with van der Waals surface area (Å²) in [6.45, 7) is 3.90. The average molecular weight is 378 g/mol. The summed E-state index contributed by atoms with van der Waals surface area (Å²) >= 11 is 0. The standard InChI is InChI=1S/C20H31N3O2S/c24-26(25,16-15-22-12-3-4-13-22)21-18-8-6-17(7-9-18)20-11-10-19-5-1-2-14-23(19)20/h6-9,19-21H,1-5,10-16H2. The first-order valence-electron chi connectivity index (χ1n) is 10.2. The zero-order valence-corrected chi connectivity index (χ0v) is 16.4. The van der Waals surface area contributed by atoms with Crippen LogP contribution in [0.1, 0.15) is 56.6 Å². The van der Waals surface area contributed by atoms with E-state index in [2.05, 4.69) is 26.7 Å². The van der Waals surface area contributed by atoms with Crippen molar-refractivity contribution in [2.75, 3.05) is 36.7 Å². The zero-order chi connectivity index (χ0) is 18.0. The quantitative estimate of drug-likeness (QED) is 0.827. The van der Waals surface area contributed by atoms with Crippen molar-refractivity contribution < 1.29 is 8.42 Å². The maximum absolute atomic E-state index is 12.3. The van der Waals surface area contributed by atoms with Crippen LogP contribution in [0.25, 0.3) is 0 Å². The predicted octanol–water partition coefficient (Wildman–Crippen LogP) is 3.21. The lowest BCUT2D eigenvalue weighted by Gasteiger charge is -2.34. The molecule has 144 valence electrons. The lowest BCUT2D eigenvalue weighted by molar-refractivity contribution is 0.150. The maximum atomic E-state index is 12.3. The predicted molar refractivity (Wildman–Crippen MR) is 106 cm³/mol. The number of piperidine rings is 1. The molecule has 0 aromatic heterocycles. The Morgan fingerprint density at radius 1 is 0.923 bits per heavy atom. The number of rotatable bonds is 6. The molecule has 0 amide bonds. The fourth-order valence-corrected chi connectivity index (χ4v) is 5.97. The molecular formula is C20H31N3O2S. The normalized spacial score (nSPS) is 27.5. The SMILES string of the molecule is O=S(=O)(CCN1CCCC1)Nc1ccc(C2CCC3CCCCN32)cc1. The van der Waals surface area contributed by atoms with E-state index in [1.807, 2.05) is 12.1 Å². The Balaban J connectivity index is 1.35. The van der Waals surface area contributed by atoms with Gasteiger partial charge in [-0.3, -0.25) is 9.62 Å². The minimum atomic E-state index is -3.28. The van der Waals surface area contributed by atoms with E-state index in [1.54, 1.807) is 0 Å². The molecule has 0 radical (unpaired) electrons. The molecule has 3 heterocycles. The Hall–Kier alpha value is -1.11. The topological polar surface area (TPSA) is 52.7 Å². The molecule has 3 aliphatic heterocycles. The number of hydrogen-bond donors (Lipinski definition) is 1. The maximum Gasteiger partial charge on any atom is 0.233 e. The Morgan fingerprint density at radius 2 is 1.65 bits per heavy atom. The Bertz CT molecular complexity index is 698. The summed E-state index contributed by atoms with van der Waals surface area (Å²) in [5.41, 5.74) is 2.01. The summed E-state index contributed by atoms with van der Waals surface area (Å²) < 4.78 is 27.4. The molecule has 5 nitrogen and oxygen atoms in total. The van der Waals surface area contributed by atoms with Crippen LogP contribution in [-0.4, -0.2) is 56.2 Å². The molecule has 3 aliphatic rings. The van der Waals surface area contributed by atoms with Crippen LogP contribution < -0.4 is 4.72 Å². The molecule has 2 unspecified atom stereocenters. The lowest BCUT2D eigenvalue weighted by atomic mass is 10.0. The lowest BCUT2D eigenvalue weighted by Crippen LogP contribution is -2.35. The number of benzene rings is 1. The molecule has 4 rings (SSSR count). The van der Waals surface area contributed by atoms with Crippen LogP contribution in [-0.2, 0) is 10.0 Å². The first kappa shape index (κ1) is 18.3. The largest absolute Gasteiger partial charge is 0.302 e. The van der Waals surface area contributed by atoms with Crippen LogP contribution >= 0.6 is 0 Å². The fraction of sp³-hybridized carbons (Fsp3) is 0.700. The first-order valence-corrected chi connectivity index (χ1v) is 11.8. The van der Waals surface area contributed by atoms with E-state index in [-0.39, 0.29) is 5.75 Å². The summed E-state index contributed by atoms with van der Waals surface area (Å²) in [7, 11) is -3.28. The third-order valence-corrected chi connectivity index (χ3v) is 7.56. The van der Waals surface area contributed by atoms with Crippen molar-refractivity contribution in [3.05, 3.63) is 29.8 Å². The molecule has 6 heteroatoms. The third kappa shape index (κ3) is 4.24. The van der Waals surface area contributed by atoms with E-state index >= 15 is 0 Å². The van der Waals surface area contributed by atoms with E-state index in [9.17, 15) is 8.42 Å². The molecule has 0 aliphatic carbocycles. The molecule has 1 N–H and O–H groups in total. The fourth-order valence-electron chi connectivity index (χ4n) is 4.88. The highest BCUT2D eigenvalue weighted by Crippen LogP contribution is 2.40. The van der Waals surface area contributed by atoms with Crippen LogP contribution in [0.5, 0.6) is 0 Å². The van der Waals surface area contributed by atoms with E-state index < -0.39 is 10.0 Å². The summed E-state index contributed by atoms with van der Waals surface area (Å²) in [5.74, 6) is 0.173. The second-order valence-electron chi connectivity index (χ2n) is 8.07. The van der Waals surface area contributed by atoms with Gasteiger partial charge in [-0.15, -0.1) is 0 Å². The molecule has 0 spiro atoms. The summed E-state index contributed by atoms with van der Waals surface area (Å²) in [6.07, 6.45) is 8.92. The zero-order valence-electron chi connectivity index (χ0n) is 15.6. The molecule has 3 fully saturated rings. The van der Waals surface area contributed by atoms with Crippen molar-refractivity contribution in [3.63, 3.8) is 0 Å². The van der Waals surface area contributed by atoms with Gasteiger partial charge in [0, 0.05) is 24.3 Å². The Morgan fingerprint density at radius 3 is 2.42 bits per heavy atom. The highest BCUT2D eigenvalue weighted by atomic mass is 32.2. The molecule has 0 bridgehead atoms. The summed E-state index contributed by atoms with van der Waals surface area (Å²) in [6, 6.07) is 9.36. The van der Waals surface area contributed by atoms with Gasteiger partial charge in [-0.05, 0) is 75.9 Å². The molecule has 2 atom stereocenters. The third-order valence-electron chi connectivity index (χ3n) is 6.29. The highest BCUT2D eigenvalue weighted by Gasteiger charge is 2.35. The van der Waals surface area contributed by atoms with Crippen molar-refractivity contribution in [2.24, 2.45) is 0 Å². The van der Waals surface area contributed by atoms with Crippen LogP contribution in [0.15, 0.2) is 24.3 Å². The monoisotopic (exact) mass is 377 g/mol. The molecule has 3 saturated heterocycles. The van der Waals surface area contributed by atoms with E-state index in [0.29, 0.717) is 18.3 Å². The Labute approximate surface area is 157 Å². The van der Waals surface area contributed by atoms with Gasteiger partial charge in [-0.1, -0.05) is 18.6 Å². The van der Waals surface area contributed by atoms with Gasteiger partial charge < -0.3 is 4.90 Å². The van der Waals surface area contributed by atoms with Crippen molar-refractivity contribution >= 4 is 15.7 Å². The van der Waals surface area contributed by atoms with Gasteiger partial charge in [0.15, 0.2) is 0 Å². The van der Waals surface area contributed by atoms with Crippen molar-refractivity contribution in [1.29, 1.82) is 0 Å². The van der Waals surface area contributed by atoms with Gasteiger partial charge in [-0.25, -0.2) is 8.42 Å². The van der Waals surface area contributed by atoms with Gasteiger partial charge in [0.05, 0.1) is 5.75 Å². The minimum absolute atomic E-state index is 0.173. The van der Waals surface area contributed by atoms with Crippen LogP contribution in [0.2, 0.25) is 0 Å². The van der Waals surface area contributed by atoms with E-state index in [4.69, 9.17) is 0 Å². The average Bonchev–Trinajstić information content (AvgIpc) is 3.30. The Kier molecular flexibility index (Phi) is 5.53. The summed E-state index contributed by atoms with van der Waals surface area (Å²) in [4.78, 5) is 4.90. The number of sulfonamides is 1. The van der Waals surface area contributed by atoms with Crippen LogP contribution in [0.3, 0.4) is 0 Å². The number of nitrogens with zero attached hydrogens (tertiary/aromatic N) is 2. The number of hydrogen-bond acceptors (Lipinski definition) is 4. The number of likely N-dealkylation sites (tertiary alicyclic amines) is 1. The van der Waals surface area contributed by atoms with Gasteiger partial charge >= 0.3 is 0 Å². The molecule has 1 aromatic carbocycles.